The van der Waals surface area contributed by atoms with Gasteiger partial charge in [0.1, 0.15) is 5.75 Å². The normalized spacial score (nSPS) is 15.1. The van der Waals surface area contributed by atoms with Gasteiger partial charge in [-0.15, -0.1) is 0 Å². The van der Waals surface area contributed by atoms with E-state index in [1.807, 2.05) is 31.2 Å². The van der Waals surface area contributed by atoms with Crippen LogP contribution in [0.2, 0.25) is 0 Å². The van der Waals surface area contributed by atoms with Crippen LogP contribution in [-0.4, -0.2) is 29.0 Å². The number of nitrogens with one attached hydrogen (secondary N) is 1. The molecule has 126 valence electrons. The van der Waals surface area contributed by atoms with Crippen LogP contribution in [0.3, 0.4) is 0 Å². The highest BCUT2D eigenvalue weighted by atomic mass is 16.5. The van der Waals surface area contributed by atoms with Crippen LogP contribution in [0, 0.1) is 6.92 Å². The van der Waals surface area contributed by atoms with E-state index in [9.17, 15) is 4.79 Å². The summed E-state index contributed by atoms with van der Waals surface area (Å²) in [5.74, 6) is 1.34. The largest absolute Gasteiger partial charge is 0.497 e. The van der Waals surface area contributed by atoms with Gasteiger partial charge in [-0.05, 0) is 44.0 Å². The van der Waals surface area contributed by atoms with Crippen LogP contribution in [0.1, 0.15) is 48.2 Å². The van der Waals surface area contributed by atoms with Crippen molar-refractivity contribution in [2.24, 2.45) is 0 Å². The van der Waals surface area contributed by atoms with Gasteiger partial charge in [-0.1, -0.05) is 19.3 Å². The SMILES string of the molecule is COc1ccc(-c2ncc(C(=O)NC3CCCCC3)c(C)n2)cc1. The van der Waals surface area contributed by atoms with Gasteiger partial charge >= 0.3 is 0 Å². The van der Waals surface area contributed by atoms with Gasteiger partial charge in [-0.2, -0.15) is 0 Å². The van der Waals surface area contributed by atoms with E-state index in [0.29, 0.717) is 17.1 Å². The molecule has 1 aliphatic rings. The molecule has 1 heterocycles. The molecule has 1 aromatic heterocycles. The monoisotopic (exact) mass is 325 g/mol. The first-order chi connectivity index (χ1) is 11.7. The summed E-state index contributed by atoms with van der Waals surface area (Å²) in [5, 5.41) is 3.11. The molecule has 5 nitrogen and oxygen atoms in total. The number of nitrogens with zero attached hydrogens (tertiary/aromatic N) is 2. The summed E-state index contributed by atoms with van der Waals surface area (Å²) in [7, 11) is 1.63. The molecule has 5 heteroatoms. The van der Waals surface area contributed by atoms with Gasteiger partial charge < -0.3 is 10.1 Å². The lowest BCUT2D eigenvalue weighted by atomic mass is 9.95. The Morgan fingerprint density at radius 2 is 1.88 bits per heavy atom. The first kappa shape index (κ1) is 16.4. The van der Waals surface area contributed by atoms with E-state index in [1.54, 1.807) is 13.3 Å². The number of rotatable bonds is 4. The van der Waals surface area contributed by atoms with Crippen molar-refractivity contribution >= 4 is 5.91 Å². The molecule has 1 fully saturated rings. The number of hydrogen-bond donors (Lipinski definition) is 1. The molecule has 1 aliphatic carbocycles. The second-order valence-electron chi connectivity index (χ2n) is 6.23. The zero-order chi connectivity index (χ0) is 16.9. The maximum atomic E-state index is 12.5. The van der Waals surface area contributed by atoms with Gasteiger partial charge in [0, 0.05) is 17.8 Å². The van der Waals surface area contributed by atoms with Crippen molar-refractivity contribution in [1.82, 2.24) is 15.3 Å². The number of carbonyl (C=O) groups excluding carboxylic acids is 1. The van der Waals surface area contributed by atoms with Gasteiger partial charge in [0.05, 0.1) is 18.4 Å². The zero-order valence-electron chi connectivity index (χ0n) is 14.2. The van der Waals surface area contributed by atoms with Gasteiger partial charge in [0.25, 0.3) is 5.91 Å². The molecule has 0 spiro atoms. The van der Waals surface area contributed by atoms with Crippen molar-refractivity contribution in [3.63, 3.8) is 0 Å². The Kier molecular flexibility index (Phi) is 5.08. The molecular weight excluding hydrogens is 302 g/mol. The van der Waals surface area contributed by atoms with Gasteiger partial charge in [-0.25, -0.2) is 9.97 Å². The molecule has 0 aliphatic heterocycles. The first-order valence-electron chi connectivity index (χ1n) is 8.46. The van der Waals surface area contributed by atoms with E-state index in [2.05, 4.69) is 15.3 Å². The van der Waals surface area contributed by atoms with Gasteiger partial charge in [0.2, 0.25) is 0 Å². The summed E-state index contributed by atoms with van der Waals surface area (Å²) in [6, 6.07) is 7.85. The zero-order valence-corrected chi connectivity index (χ0v) is 14.2. The molecule has 1 aromatic carbocycles. The molecular formula is C19H23N3O2. The quantitative estimate of drug-likeness (QED) is 0.934. The minimum absolute atomic E-state index is 0.0688. The highest BCUT2D eigenvalue weighted by Gasteiger charge is 2.19. The van der Waals surface area contributed by atoms with E-state index in [1.165, 1.54) is 19.3 Å². The molecule has 24 heavy (non-hydrogen) atoms. The molecule has 1 saturated carbocycles. The Labute approximate surface area is 142 Å². The van der Waals surface area contributed by atoms with E-state index in [4.69, 9.17) is 4.74 Å². The Morgan fingerprint density at radius 1 is 1.17 bits per heavy atom. The molecule has 0 saturated heterocycles. The number of aryl methyl sites for hydroxylation is 1. The van der Waals surface area contributed by atoms with Crippen molar-refractivity contribution in [1.29, 1.82) is 0 Å². The summed E-state index contributed by atoms with van der Waals surface area (Å²) in [6.45, 7) is 1.85. The van der Waals surface area contributed by atoms with Crippen LogP contribution in [0.5, 0.6) is 5.75 Å². The molecule has 0 unspecified atom stereocenters. The van der Waals surface area contributed by atoms with E-state index in [0.717, 1.165) is 24.2 Å². The topological polar surface area (TPSA) is 64.1 Å². The fraction of sp³-hybridized carbons (Fsp3) is 0.421. The minimum Gasteiger partial charge on any atom is -0.497 e. The van der Waals surface area contributed by atoms with Crippen LogP contribution in [0.25, 0.3) is 11.4 Å². The van der Waals surface area contributed by atoms with Crippen molar-refractivity contribution in [2.45, 2.75) is 45.1 Å². The van der Waals surface area contributed by atoms with E-state index < -0.39 is 0 Å². The Hall–Kier alpha value is -2.43. The van der Waals surface area contributed by atoms with Crippen LogP contribution in [-0.2, 0) is 0 Å². The smallest absolute Gasteiger partial charge is 0.254 e. The summed E-state index contributed by atoms with van der Waals surface area (Å²) < 4.78 is 5.16. The van der Waals surface area contributed by atoms with Crippen LogP contribution in [0.4, 0.5) is 0 Å². The minimum atomic E-state index is -0.0688. The predicted molar refractivity (Wildman–Crippen MR) is 93.1 cm³/mol. The molecule has 0 radical (unpaired) electrons. The number of methoxy groups -OCH3 is 1. The maximum Gasteiger partial charge on any atom is 0.254 e. The number of amides is 1. The van der Waals surface area contributed by atoms with Crippen molar-refractivity contribution in [3.05, 3.63) is 41.7 Å². The molecule has 3 rings (SSSR count). The first-order valence-corrected chi connectivity index (χ1v) is 8.46. The lowest BCUT2D eigenvalue weighted by Crippen LogP contribution is -2.36. The van der Waals surface area contributed by atoms with Crippen molar-refractivity contribution in [2.75, 3.05) is 7.11 Å². The number of hydrogen-bond acceptors (Lipinski definition) is 4. The summed E-state index contributed by atoms with van der Waals surface area (Å²) in [5.41, 5.74) is 2.15. The molecule has 2 aromatic rings. The Morgan fingerprint density at radius 3 is 2.50 bits per heavy atom. The fourth-order valence-corrected chi connectivity index (χ4v) is 3.08. The van der Waals surface area contributed by atoms with E-state index in [-0.39, 0.29) is 11.9 Å². The summed E-state index contributed by atoms with van der Waals surface area (Å²) in [4.78, 5) is 21.3. The Balaban J connectivity index is 1.74. The lowest BCUT2D eigenvalue weighted by molar-refractivity contribution is 0.0926. The average molecular weight is 325 g/mol. The van der Waals surface area contributed by atoms with Crippen molar-refractivity contribution < 1.29 is 9.53 Å². The third kappa shape index (κ3) is 3.72. The molecule has 0 atom stereocenters. The summed E-state index contributed by atoms with van der Waals surface area (Å²) in [6.07, 6.45) is 7.41. The number of ether oxygens (including phenoxy) is 1. The van der Waals surface area contributed by atoms with Gasteiger partial charge in [-0.3, -0.25) is 4.79 Å². The van der Waals surface area contributed by atoms with E-state index >= 15 is 0 Å². The molecule has 1 amide bonds. The second-order valence-corrected chi connectivity index (χ2v) is 6.23. The van der Waals surface area contributed by atoms with Crippen LogP contribution >= 0.6 is 0 Å². The summed E-state index contributed by atoms with van der Waals surface area (Å²) >= 11 is 0. The second kappa shape index (κ2) is 7.43. The molecule has 0 bridgehead atoms. The van der Waals surface area contributed by atoms with Crippen LogP contribution in [0.15, 0.2) is 30.5 Å². The number of aromatic nitrogens is 2. The maximum absolute atomic E-state index is 12.5. The molecule has 1 N–H and O–H groups in total. The van der Waals surface area contributed by atoms with Crippen LogP contribution < -0.4 is 10.1 Å². The highest BCUT2D eigenvalue weighted by Crippen LogP contribution is 2.21. The average Bonchev–Trinajstić information content (AvgIpc) is 2.62. The Bertz CT molecular complexity index is 707. The highest BCUT2D eigenvalue weighted by molar-refractivity contribution is 5.95. The number of benzene rings is 1. The van der Waals surface area contributed by atoms with Crippen molar-refractivity contribution in [3.8, 4) is 17.1 Å². The standard InChI is InChI=1S/C19H23N3O2/c1-13-17(19(23)22-15-6-4-3-5-7-15)12-20-18(21-13)14-8-10-16(24-2)11-9-14/h8-12,15H,3-7H2,1-2H3,(H,22,23). The fourth-order valence-electron chi connectivity index (χ4n) is 3.08. The third-order valence-electron chi connectivity index (χ3n) is 4.51. The third-order valence-corrected chi connectivity index (χ3v) is 4.51. The lowest BCUT2D eigenvalue weighted by Gasteiger charge is -2.23. The number of carbonyl (C=O) groups is 1. The predicted octanol–water partition coefficient (Wildman–Crippen LogP) is 3.52. The van der Waals surface area contributed by atoms with Gasteiger partial charge in [0.15, 0.2) is 5.82 Å².